The molecular weight excluding hydrogens is 336 g/mol. The zero-order chi connectivity index (χ0) is 16.4. The van der Waals surface area contributed by atoms with Crippen LogP contribution in [0.3, 0.4) is 0 Å². The summed E-state index contributed by atoms with van der Waals surface area (Å²) in [5.74, 6) is 0.413. The molecule has 120 valence electrons. The second kappa shape index (κ2) is 6.50. The summed E-state index contributed by atoms with van der Waals surface area (Å²) in [6.07, 6.45) is 1.03. The van der Waals surface area contributed by atoms with E-state index in [0.717, 1.165) is 5.56 Å². The Balaban J connectivity index is 1.82. The first-order chi connectivity index (χ1) is 11.1. The van der Waals surface area contributed by atoms with Crippen LogP contribution in [-0.2, 0) is 11.2 Å². The first-order valence-electron chi connectivity index (χ1n) is 6.80. The molecule has 2 N–H and O–H groups in total. The number of hydrogen-bond acceptors (Lipinski definition) is 9. The Morgan fingerprint density at radius 2 is 2.22 bits per heavy atom. The summed E-state index contributed by atoms with van der Waals surface area (Å²) in [5.41, 5.74) is 1.87. The Morgan fingerprint density at radius 1 is 1.39 bits per heavy atom. The zero-order valence-corrected chi connectivity index (χ0v) is 13.9. The number of nitrogens with zero attached hydrogens (tertiary/aromatic N) is 5. The monoisotopic (exact) mass is 350 g/mol. The van der Waals surface area contributed by atoms with Crippen molar-refractivity contribution in [2.75, 3.05) is 23.1 Å². The Bertz CT molecular complexity index is 776. The van der Waals surface area contributed by atoms with Gasteiger partial charge in [0.15, 0.2) is 0 Å². The summed E-state index contributed by atoms with van der Waals surface area (Å²) < 4.78 is 0. The van der Waals surface area contributed by atoms with Crippen molar-refractivity contribution in [2.24, 2.45) is 10.2 Å². The van der Waals surface area contributed by atoms with Gasteiger partial charge in [-0.15, -0.1) is 20.4 Å². The maximum atomic E-state index is 11.4. The molecule has 1 amide bonds. The number of hydrogen-bond donors (Lipinski definition) is 3. The van der Waals surface area contributed by atoms with E-state index in [2.05, 4.69) is 38.4 Å². The molecule has 10 heteroatoms. The van der Waals surface area contributed by atoms with Crippen LogP contribution >= 0.6 is 24.0 Å². The van der Waals surface area contributed by atoms with Crippen LogP contribution in [0.2, 0.25) is 0 Å². The van der Waals surface area contributed by atoms with Crippen molar-refractivity contribution < 1.29 is 9.90 Å². The van der Waals surface area contributed by atoms with Gasteiger partial charge in [0, 0.05) is 25.2 Å². The summed E-state index contributed by atoms with van der Waals surface area (Å²) in [6.45, 7) is 0. The van der Waals surface area contributed by atoms with Crippen LogP contribution in [-0.4, -0.2) is 34.1 Å². The van der Waals surface area contributed by atoms with Gasteiger partial charge >= 0.3 is 0 Å². The number of carbonyl (C=O) groups is 1. The summed E-state index contributed by atoms with van der Waals surface area (Å²) in [7, 11) is 1.85. The molecule has 0 bridgehead atoms. The van der Waals surface area contributed by atoms with Crippen molar-refractivity contribution in [1.82, 2.24) is 10.2 Å². The molecule has 1 aliphatic heterocycles. The highest BCUT2D eigenvalue weighted by Crippen LogP contribution is 2.36. The number of carbonyl (C=O) groups excluding carboxylic acids is 1. The normalized spacial score (nSPS) is 13.9. The van der Waals surface area contributed by atoms with E-state index in [1.165, 1.54) is 17.4 Å². The number of aromatic nitrogens is 2. The fraction of sp³-hybridized carbons (Fsp3) is 0.308. The molecule has 0 atom stereocenters. The minimum absolute atomic E-state index is 0.0492. The quantitative estimate of drug-likeness (QED) is 0.447. The number of nitrogens with one attached hydrogen (secondary N) is 1. The predicted octanol–water partition coefficient (Wildman–Crippen LogP) is 2.87. The van der Waals surface area contributed by atoms with Gasteiger partial charge in [0.25, 0.3) is 5.13 Å². The SMILES string of the molecule is CN(CS)c1nnc(N=Nc2cc3c(cc2O)NC(=O)CC3)s1. The molecule has 2 aromatic rings. The molecule has 1 aromatic heterocycles. The van der Waals surface area contributed by atoms with Crippen molar-refractivity contribution >= 4 is 51.5 Å². The van der Waals surface area contributed by atoms with Crippen molar-refractivity contribution in [2.45, 2.75) is 12.8 Å². The highest BCUT2D eigenvalue weighted by molar-refractivity contribution is 7.80. The van der Waals surface area contributed by atoms with E-state index in [1.807, 2.05) is 11.9 Å². The third-order valence-corrected chi connectivity index (χ3v) is 4.63. The lowest BCUT2D eigenvalue weighted by Gasteiger charge is -2.17. The van der Waals surface area contributed by atoms with Gasteiger partial charge in [-0.05, 0) is 18.1 Å². The highest BCUT2D eigenvalue weighted by Gasteiger charge is 2.17. The third kappa shape index (κ3) is 3.42. The molecule has 1 aromatic carbocycles. The standard InChI is InChI=1S/C13H14N6O2S2/c1-19(6-22)13-18-17-12(23-13)16-15-9-4-7-2-3-11(21)14-8(7)5-10(9)20/h4-5,20,22H,2-3,6H2,1H3,(H,14,21). The van der Waals surface area contributed by atoms with Crippen LogP contribution in [0, 0.1) is 0 Å². The largest absolute Gasteiger partial charge is 0.506 e. The number of phenols is 1. The van der Waals surface area contributed by atoms with E-state index in [0.29, 0.717) is 40.4 Å². The van der Waals surface area contributed by atoms with E-state index in [-0.39, 0.29) is 11.7 Å². The molecule has 2 heterocycles. The number of amides is 1. The highest BCUT2D eigenvalue weighted by atomic mass is 32.1. The van der Waals surface area contributed by atoms with Gasteiger partial charge in [-0.1, -0.05) is 11.3 Å². The van der Waals surface area contributed by atoms with E-state index >= 15 is 0 Å². The number of rotatable bonds is 4. The van der Waals surface area contributed by atoms with Gasteiger partial charge in [-0.25, -0.2) is 0 Å². The lowest BCUT2D eigenvalue weighted by Crippen LogP contribution is -2.18. The van der Waals surface area contributed by atoms with E-state index in [1.54, 1.807) is 6.07 Å². The number of thiol groups is 1. The minimum atomic E-state index is -0.0547. The molecule has 0 radical (unpaired) electrons. The molecular formula is C13H14N6O2S2. The number of azo groups is 1. The first kappa shape index (κ1) is 15.7. The van der Waals surface area contributed by atoms with Crippen LogP contribution in [0.5, 0.6) is 5.75 Å². The summed E-state index contributed by atoms with van der Waals surface area (Å²) in [5, 5.41) is 29.7. The van der Waals surface area contributed by atoms with Crippen LogP contribution in [0.1, 0.15) is 12.0 Å². The van der Waals surface area contributed by atoms with Crippen LogP contribution in [0.4, 0.5) is 21.6 Å². The van der Waals surface area contributed by atoms with E-state index in [9.17, 15) is 9.90 Å². The fourth-order valence-electron chi connectivity index (χ4n) is 2.04. The third-order valence-electron chi connectivity index (χ3n) is 3.28. The summed E-state index contributed by atoms with van der Waals surface area (Å²) in [4.78, 5) is 13.2. The zero-order valence-electron chi connectivity index (χ0n) is 12.2. The van der Waals surface area contributed by atoms with Gasteiger partial charge in [0.1, 0.15) is 11.4 Å². The average Bonchev–Trinajstić information content (AvgIpc) is 3.01. The second-order valence-corrected chi connectivity index (χ2v) is 6.17. The van der Waals surface area contributed by atoms with Crippen molar-refractivity contribution in [3.05, 3.63) is 17.7 Å². The Morgan fingerprint density at radius 3 is 3.00 bits per heavy atom. The van der Waals surface area contributed by atoms with Gasteiger partial charge < -0.3 is 15.3 Å². The smallest absolute Gasteiger partial charge is 0.253 e. The molecule has 23 heavy (non-hydrogen) atoms. The van der Waals surface area contributed by atoms with E-state index in [4.69, 9.17) is 0 Å². The van der Waals surface area contributed by atoms with Crippen LogP contribution < -0.4 is 10.2 Å². The van der Waals surface area contributed by atoms with Gasteiger partial charge in [-0.2, -0.15) is 12.6 Å². The molecule has 3 rings (SSSR count). The van der Waals surface area contributed by atoms with Crippen molar-refractivity contribution in [3.63, 3.8) is 0 Å². The number of aryl methyl sites for hydroxylation is 1. The van der Waals surface area contributed by atoms with Crippen LogP contribution in [0.15, 0.2) is 22.4 Å². The molecule has 0 saturated carbocycles. The Hall–Kier alpha value is -2.20. The van der Waals surface area contributed by atoms with Crippen molar-refractivity contribution in [1.29, 1.82) is 0 Å². The topological polar surface area (TPSA) is 103 Å². The lowest BCUT2D eigenvalue weighted by molar-refractivity contribution is -0.116. The van der Waals surface area contributed by atoms with Crippen LogP contribution in [0.25, 0.3) is 0 Å². The molecule has 1 aliphatic rings. The Kier molecular flexibility index (Phi) is 4.44. The predicted molar refractivity (Wildman–Crippen MR) is 91.4 cm³/mol. The fourth-order valence-corrected chi connectivity index (χ4v) is 2.90. The summed E-state index contributed by atoms with van der Waals surface area (Å²) in [6, 6.07) is 3.20. The van der Waals surface area contributed by atoms with Gasteiger partial charge in [0.2, 0.25) is 11.0 Å². The second-order valence-electron chi connectivity index (χ2n) is 4.95. The maximum Gasteiger partial charge on any atom is 0.253 e. The Labute approximate surface area is 141 Å². The molecule has 0 saturated heterocycles. The van der Waals surface area contributed by atoms with Crippen molar-refractivity contribution in [3.8, 4) is 5.75 Å². The molecule has 0 aliphatic carbocycles. The van der Waals surface area contributed by atoms with E-state index < -0.39 is 0 Å². The van der Waals surface area contributed by atoms with Gasteiger partial charge in [-0.3, -0.25) is 4.79 Å². The first-order valence-corrected chi connectivity index (χ1v) is 8.24. The molecule has 8 nitrogen and oxygen atoms in total. The average molecular weight is 350 g/mol. The number of phenolic OH excluding ortho intramolecular Hbond substituents is 1. The number of benzene rings is 1. The molecule has 0 unspecified atom stereocenters. The maximum absolute atomic E-state index is 11.4. The molecule has 0 spiro atoms. The summed E-state index contributed by atoms with van der Waals surface area (Å²) >= 11 is 5.43. The number of fused-ring (bicyclic) bond motifs is 1. The van der Waals surface area contributed by atoms with Gasteiger partial charge in [0.05, 0.1) is 5.88 Å². The molecule has 0 fully saturated rings. The number of anilines is 2. The number of aromatic hydroxyl groups is 1. The minimum Gasteiger partial charge on any atom is -0.506 e. The lowest BCUT2D eigenvalue weighted by atomic mass is 10.0.